The second-order valence-electron chi connectivity index (χ2n) is 7.48. The molecule has 0 radical (unpaired) electrons. The van der Waals surface area contributed by atoms with Crippen molar-refractivity contribution in [2.45, 2.75) is 37.9 Å². The third kappa shape index (κ3) is 9.95. The summed E-state index contributed by atoms with van der Waals surface area (Å²) < 4.78 is 37.0. The van der Waals surface area contributed by atoms with E-state index in [4.69, 9.17) is 0 Å². The highest BCUT2D eigenvalue weighted by atomic mass is 127. The summed E-state index contributed by atoms with van der Waals surface area (Å²) in [6.45, 7) is 1.46. The molecule has 2 N–H and O–H groups in total. The topological polar surface area (TPSA) is 60.0 Å². The molecule has 1 saturated heterocycles. The normalized spacial score (nSPS) is 23.5. The lowest BCUT2D eigenvalue weighted by molar-refractivity contribution is -0.142. The zero-order valence-corrected chi connectivity index (χ0v) is 20.3. The van der Waals surface area contributed by atoms with Crippen molar-refractivity contribution in [3.63, 3.8) is 0 Å². The van der Waals surface area contributed by atoms with Gasteiger partial charge in [0.15, 0.2) is 5.96 Å². The number of halogens is 4. The van der Waals surface area contributed by atoms with Crippen LogP contribution in [0.2, 0.25) is 0 Å². The van der Waals surface area contributed by atoms with E-state index in [1.807, 2.05) is 16.7 Å². The van der Waals surface area contributed by atoms with Crippen LogP contribution >= 0.6 is 35.7 Å². The lowest BCUT2D eigenvalue weighted by Gasteiger charge is -2.34. The molecule has 1 amide bonds. The summed E-state index contributed by atoms with van der Waals surface area (Å²) in [4.78, 5) is 20.0. The summed E-state index contributed by atoms with van der Waals surface area (Å²) in [5.41, 5.74) is 0. The van der Waals surface area contributed by atoms with E-state index in [-0.39, 0.29) is 42.5 Å². The van der Waals surface area contributed by atoms with Gasteiger partial charge in [-0.25, -0.2) is 0 Å². The number of rotatable bonds is 6. The largest absolute Gasteiger partial charge is 0.401 e. The first-order chi connectivity index (χ1) is 13.3. The van der Waals surface area contributed by atoms with Crippen molar-refractivity contribution in [2.24, 2.45) is 10.9 Å². The summed E-state index contributed by atoms with van der Waals surface area (Å²) in [5.74, 6) is 3.08. The molecule has 0 aromatic heterocycles. The molecule has 0 aromatic rings. The molecule has 170 valence electrons. The minimum Gasteiger partial charge on any atom is -0.355 e. The third-order valence-electron chi connectivity index (χ3n) is 5.20. The molecule has 29 heavy (non-hydrogen) atoms. The highest BCUT2D eigenvalue weighted by molar-refractivity contribution is 14.0. The Labute approximate surface area is 192 Å². The molecule has 0 bridgehead atoms. The van der Waals surface area contributed by atoms with Crippen molar-refractivity contribution in [1.29, 1.82) is 0 Å². The standard InChI is InChI=1S/C18H32F3N5OS.HI/c1-22-17(23-7-8-25(2)13-18(19,20)21)24-15-5-3-14(4-6-15)16(27)26-9-11-28-12-10-26;/h14-15H,3-13H2,1-2H3,(H2,22,23,24);1H. The van der Waals surface area contributed by atoms with Gasteiger partial charge in [0, 0.05) is 56.7 Å². The lowest BCUT2D eigenvalue weighted by atomic mass is 9.85. The molecular formula is C18H33F3IN5OS. The van der Waals surface area contributed by atoms with Crippen molar-refractivity contribution in [3.8, 4) is 0 Å². The van der Waals surface area contributed by atoms with Crippen LogP contribution in [0.3, 0.4) is 0 Å². The van der Waals surface area contributed by atoms with Gasteiger partial charge in [-0.2, -0.15) is 24.9 Å². The minimum absolute atomic E-state index is 0. The SMILES string of the molecule is CN=C(NCCN(C)CC(F)(F)F)NC1CCC(C(=O)N2CCSCC2)CC1.I. The second kappa shape index (κ2) is 13.1. The maximum atomic E-state index is 12.6. The molecule has 6 nitrogen and oxygen atoms in total. The van der Waals surface area contributed by atoms with Crippen molar-refractivity contribution in [1.82, 2.24) is 20.4 Å². The van der Waals surface area contributed by atoms with E-state index in [2.05, 4.69) is 15.6 Å². The number of carbonyl (C=O) groups excluding carboxylic acids is 1. The average Bonchev–Trinajstić information content (AvgIpc) is 2.66. The van der Waals surface area contributed by atoms with Gasteiger partial charge in [0.1, 0.15) is 0 Å². The van der Waals surface area contributed by atoms with Gasteiger partial charge in [-0.05, 0) is 32.7 Å². The van der Waals surface area contributed by atoms with Crippen LogP contribution in [0.4, 0.5) is 13.2 Å². The first-order valence-electron chi connectivity index (χ1n) is 9.87. The lowest BCUT2D eigenvalue weighted by Crippen LogP contribution is -2.48. The zero-order chi connectivity index (χ0) is 20.6. The van der Waals surface area contributed by atoms with Crippen LogP contribution in [0.15, 0.2) is 4.99 Å². The quantitative estimate of drug-likeness (QED) is 0.302. The van der Waals surface area contributed by atoms with Crippen molar-refractivity contribution in [2.75, 3.05) is 58.3 Å². The van der Waals surface area contributed by atoms with E-state index in [0.29, 0.717) is 18.4 Å². The van der Waals surface area contributed by atoms with Crippen molar-refractivity contribution >= 4 is 47.6 Å². The highest BCUT2D eigenvalue weighted by Gasteiger charge is 2.31. The maximum Gasteiger partial charge on any atom is 0.401 e. The van der Waals surface area contributed by atoms with E-state index in [0.717, 1.165) is 50.3 Å². The first-order valence-corrected chi connectivity index (χ1v) is 11.0. The van der Waals surface area contributed by atoms with Crippen LogP contribution < -0.4 is 10.6 Å². The Kier molecular flexibility index (Phi) is 12.0. The van der Waals surface area contributed by atoms with E-state index in [1.54, 1.807) is 7.05 Å². The molecular weight excluding hydrogens is 518 g/mol. The van der Waals surface area contributed by atoms with Gasteiger partial charge in [-0.1, -0.05) is 0 Å². The molecule has 1 saturated carbocycles. The molecule has 11 heteroatoms. The number of guanidine groups is 1. The Bertz CT molecular complexity index is 524. The number of aliphatic imine (C=N–C) groups is 1. The van der Waals surface area contributed by atoms with Gasteiger partial charge in [0.2, 0.25) is 5.91 Å². The minimum atomic E-state index is -4.18. The summed E-state index contributed by atoms with van der Waals surface area (Å²) >= 11 is 1.90. The number of carbonyl (C=O) groups is 1. The van der Waals surface area contributed by atoms with Gasteiger partial charge < -0.3 is 15.5 Å². The average molecular weight is 551 g/mol. The molecule has 2 rings (SSSR count). The summed E-state index contributed by atoms with van der Waals surface area (Å²) in [7, 11) is 3.10. The number of hydrogen-bond donors (Lipinski definition) is 2. The van der Waals surface area contributed by atoms with E-state index < -0.39 is 12.7 Å². The molecule has 1 heterocycles. The van der Waals surface area contributed by atoms with E-state index in [9.17, 15) is 18.0 Å². The van der Waals surface area contributed by atoms with Crippen LogP contribution in [0.5, 0.6) is 0 Å². The number of nitrogens with one attached hydrogen (secondary N) is 2. The van der Waals surface area contributed by atoms with Gasteiger partial charge in [0.05, 0.1) is 6.54 Å². The van der Waals surface area contributed by atoms with Gasteiger partial charge >= 0.3 is 6.18 Å². The number of amides is 1. The van der Waals surface area contributed by atoms with E-state index in [1.165, 1.54) is 11.9 Å². The molecule has 0 atom stereocenters. The number of hydrogen-bond acceptors (Lipinski definition) is 4. The second-order valence-corrected chi connectivity index (χ2v) is 8.71. The molecule has 0 unspecified atom stereocenters. The van der Waals surface area contributed by atoms with Gasteiger partial charge in [-0.3, -0.25) is 14.7 Å². The number of alkyl halides is 3. The fourth-order valence-corrected chi connectivity index (χ4v) is 4.57. The number of thioether (sulfide) groups is 1. The van der Waals surface area contributed by atoms with Crippen LogP contribution in [0, 0.1) is 5.92 Å². The van der Waals surface area contributed by atoms with Gasteiger partial charge in [-0.15, -0.1) is 24.0 Å². The monoisotopic (exact) mass is 551 g/mol. The summed E-state index contributed by atoms with van der Waals surface area (Å²) in [6, 6.07) is 0.236. The predicted octanol–water partition coefficient (Wildman–Crippen LogP) is 2.40. The molecule has 1 aliphatic heterocycles. The van der Waals surface area contributed by atoms with Crippen molar-refractivity contribution < 1.29 is 18.0 Å². The van der Waals surface area contributed by atoms with Crippen LogP contribution in [-0.2, 0) is 4.79 Å². The van der Waals surface area contributed by atoms with Crippen LogP contribution in [0.1, 0.15) is 25.7 Å². The smallest absolute Gasteiger partial charge is 0.355 e. The molecule has 2 aliphatic rings. The summed E-state index contributed by atoms with van der Waals surface area (Å²) in [5, 5.41) is 6.41. The third-order valence-corrected chi connectivity index (χ3v) is 6.14. The molecule has 2 fully saturated rings. The zero-order valence-electron chi connectivity index (χ0n) is 17.1. The highest BCUT2D eigenvalue weighted by Crippen LogP contribution is 2.27. The maximum absolute atomic E-state index is 12.6. The Morgan fingerprint density at radius 2 is 1.83 bits per heavy atom. The van der Waals surface area contributed by atoms with E-state index >= 15 is 0 Å². The fourth-order valence-electron chi connectivity index (χ4n) is 3.66. The Hall–Kier alpha value is -0.430. The fraction of sp³-hybridized carbons (Fsp3) is 0.889. The number of nitrogens with zero attached hydrogens (tertiary/aromatic N) is 3. The van der Waals surface area contributed by atoms with Crippen molar-refractivity contribution in [3.05, 3.63) is 0 Å². The Balaban J connectivity index is 0.00000420. The predicted molar refractivity (Wildman–Crippen MR) is 123 cm³/mol. The Morgan fingerprint density at radius 1 is 1.21 bits per heavy atom. The molecule has 0 aromatic carbocycles. The first kappa shape index (κ1) is 26.6. The molecule has 0 spiro atoms. The van der Waals surface area contributed by atoms with Gasteiger partial charge in [0.25, 0.3) is 0 Å². The number of likely N-dealkylation sites (N-methyl/N-ethyl adjacent to an activating group) is 1. The van der Waals surface area contributed by atoms with Crippen LogP contribution in [-0.4, -0.2) is 92.2 Å². The Morgan fingerprint density at radius 3 is 2.38 bits per heavy atom. The molecule has 1 aliphatic carbocycles. The van der Waals surface area contributed by atoms with Crippen LogP contribution in [0.25, 0.3) is 0 Å². The summed E-state index contributed by atoms with van der Waals surface area (Å²) in [6.07, 6.45) is -0.657.